The van der Waals surface area contributed by atoms with E-state index in [1.54, 1.807) is 0 Å². The lowest BCUT2D eigenvalue weighted by molar-refractivity contribution is 0.582. The lowest BCUT2D eigenvalue weighted by Gasteiger charge is -2.15. The molecule has 0 spiro atoms. The third-order valence-electron chi connectivity index (χ3n) is 3.96. The van der Waals surface area contributed by atoms with E-state index < -0.39 is 0 Å². The zero-order valence-electron chi connectivity index (χ0n) is 12.5. The van der Waals surface area contributed by atoms with E-state index in [0.29, 0.717) is 12.5 Å². The summed E-state index contributed by atoms with van der Waals surface area (Å²) in [6.45, 7) is 6.09. The van der Waals surface area contributed by atoms with Gasteiger partial charge in [0, 0.05) is 24.4 Å². The van der Waals surface area contributed by atoms with Crippen LogP contribution in [0.1, 0.15) is 49.4 Å². The van der Waals surface area contributed by atoms with Gasteiger partial charge in [-0.3, -0.25) is 0 Å². The third-order valence-corrected chi connectivity index (χ3v) is 3.96. The maximum Gasteiger partial charge on any atom is 0.0951 e. The molecule has 2 rings (SSSR count). The van der Waals surface area contributed by atoms with Gasteiger partial charge in [-0.15, -0.1) is 0 Å². The van der Waals surface area contributed by atoms with Crippen LogP contribution in [0.2, 0.25) is 0 Å². The van der Waals surface area contributed by atoms with Crippen LogP contribution in [0.4, 0.5) is 0 Å². The first-order valence-electron chi connectivity index (χ1n) is 7.56. The summed E-state index contributed by atoms with van der Waals surface area (Å²) in [5.74, 6) is 0.606. The van der Waals surface area contributed by atoms with E-state index >= 15 is 0 Å². The summed E-state index contributed by atoms with van der Waals surface area (Å²) in [6, 6.07) is 8.75. The number of rotatable bonds is 7. The number of nitrogens with two attached hydrogens (primary N) is 1. The first-order valence-corrected chi connectivity index (χ1v) is 7.56. The maximum absolute atomic E-state index is 5.58. The van der Waals surface area contributed by atoms with Gasteiger partial charge in [0.05, 0.1) is 6.33 Å². The highest BCUT2D eigenvalue weighted by atomic mass is 15.0. The molecule has 20 heavy (non-hydrogen) atoms. The maximum atomic E-state index is 5.58. The van der Waals surface area contributed by atoms with Crippen molar-refractivity contribution in [1.29, 1.82) is 0 Å². The standard InChI is InChI=1S/C17H25N3/c1-3-16(4-2)17-11-19-13-20(17)12-15-7-5-14(6-8-15)9-10-18/h5-8,11,13,16H,3-4,9-10,12,18H2,1-2H3. The molecule has 2 N–H and O–H groups in total. The molecule has 0 atom stereocenters. The summed E-state index contributed by atoms with van der Waals surface area (Å²) in [4.78, 5) is 4.33. The minimum atomic E-state index is 0.606. The third kappa shape index (κ3) is 3.48. The highest BCUT2D eigenvalue weighted by Gasteiger charge is 2.12. The second-order valence-electron chi connectivity index (χ2n) is 5.31. The Morgan fingerprint density at radius 2 is 1.75 bits per heavy atom. The molecule has 3 heteroatoms. The Morgan fingerprint density at radius 1 is 1.10 bits per heavy atom. The molecule has 1 heterocycles. The molecule has 0 aliphatic carbocycles. The second-order valence-corrected chi connectivity index (χ2v) is 5.31. The van der Waals surface area contributed by atoms with E-state index in [-0.39, 0.29) is 0 Å². The fourth-order valence-corrected chi connectivity index (χ4v) is 2.68. The minimum Gasteiger partial charge on any atom is -0.330 e. The molecule has 0 saturated carbocycles. The van der Waals surface area contributed by atoms with Crippen molar-refractivity contribution in [3.8, 4) is 0 Å². The molecular formula is C17H25N3. The predicted molar refractivity (Wildman–Crippen MR) is 83.9 cm³/mol. The summed E-state index contributed by atoms with van der Waals surface area (Å²) in [6.07, 6.45) is 7.24. The highest BCUT2D eigenvalue weighted by molar-refractivity contribution is 5.23. The van der Waals surface area contributed by atoms with Gasteiger partial charge in [-0.25, -0.2) is 4.98 Å². The number of hydrogen-bond donors (Lipinski definition) is 1. The minimum absolute atomic E-state index is 0.606. The van der Waals surface area contributed by atoms with Crippen molar-refractivity contribution < 1.29 is 0 Å². The highest BCUT2D eigenvalue weighted by Crippen LogP contribution is 2.23. The summed E-state index contributed by atoms with van der Waals surface area (Å²) >= 11 is 0. The molecule has 108 valence electrons. The fourth-order valence-electron chi connectivity index (χ4n) is 2.68. The van der Waals surface area contributed by atoms with E-state index in [9.17, 15) is 0 Å². The molecule has 0 amide bonds. The molecule has 0 aliphatic rings. The molecule has 0 fully saturated rings. The normalized spacial score (nSPS) is 11.2. The Morgan fingerprint density at radius 3 is 2.35 bits per heavy atom. The number of aromatic nitrogens is 2. The quantitative estimate of drug-likeness (QED) is 0.839. The molecule has 2 aromatic rings. The van der Waals surface area contributed by atoms with Gasteiger partial charge >= 0.3 is 0 Å². The van der Waals surface area contributed by atoms with Crippen LogP contribution in [0.3, 0.4) is 0 Å². The van der Waals surface area contributed by atoms with Crippen molar-refractivity contribution >= 4 is 0 Å². The van der Waals surface area contributed by atoms with Gasteiger partial charge in [0.25, 0.3) is 0 Å². The van der Waals surface area contributed by atoms with Crippen molar-refractivity contribution in [2.24, 2.45) is 5.73 Å². The van der Waals surface area contributed by atoms with E-state index in [2.05, 4.69) is 47.7 Å². The lowest BCUT2D eigenvalue weighted by atomic mass is 10.00. The lowest BCUT2D eigenvalue weighted by Crippen LogP contribution is -2.07. The summed E-state index contributed by atoms with van der Waals surface area (Å²) < 4.78 is 2.27. The Kier molecular flexibility index (Phi) is 5.36. The van der Waals surface area contributed by atoms with Crippen molar-refractivity contribution in [2.75, 3.05) is 6.54 Å². The number of imidazole rings is 1. The Bertz CT molecular complexity index is 509. The van der Waals surface area contributed by atoms with Crippen molar-refractivity contribution in [1.82, 2.24) is 9.55 Å². The molecule has 0 bridgehead atoms. The second kappa shape index (κ2) is 7.25. The molecule has 1 aromatic carbocycles. The van der Waals surface area contributed by atoms with Crippen LogP contribution in [0.25, 0.3) is 0 Å². The SMILES string of the molecule is CCC(CC)c1cncn1Cc1ccc(CCN)cc1. The van der Waals surface area contributed by atoms with E-state index in [1.165, 1.54) is 16.8 Å². The first-order chi connectivity index (χ1) is 9.78. The summed E-state index contributed by atoms with van der Waals surface area (Å²) in [7, 11) is 0. The van der Waals surface area contributed by atoms with Gasteiger partial charge in [-0.1, -0.05) is 38.1 Å². The van der Waals surface area contributed by atoms with Crippen LogP contribution in [-0.4, -0.2) is 16.1 Å². The molecule has 0 unspecified atom stereocenters. The number of benzene rings is 1. The van der Waals surface area contributed by atoms with Crippen LogP contribution in [0.15, 0.2) is 36.8 Å². The van der Waals surface area contributed by atoms with Crippen LogP contribution in [0, 0.1) is 0 Å². The van der Waals surface area contributed by atoms with Crippen LogP contribution in [0.5, 0.6) is 0 Å². The van der Waals surface area contributed by atoms with Gasteiger partial charge in [-0.2, -0.15) is 0 Å². The average Bonchev–Trinajstić information content (AvgIpc) is 2.91. The number of hydrogen-bond acceptors (Lipinski definition) is 2. The van der Waals surface area contributed by atoms with Crippen LogP contribution in [-0.2, 0) is 13.0 Å². The molecule has 3 nitrogen and oxygen atoms in total. The average molecular weight is 271 g/mol. The largest absolute Gasteiger partial charge is 0.330 e. The predicted octanol–water partition coefficient (Wildman–Crippen LogP) is 3.34. The molecule has 0 saturated heterocycles. The smallest absolute Gasteiger partial charge is 0.0951 e. The van der Waals surface area contributed by atoms with Gasteiger partial charge in [-0.05, 0) is 36.9 Å². The van der Waals surface area contributed by atoms with Crippen molar-refractivity contribution in [3.63, 3.8) is 0 Å². The molecule has 0 radical (unpaired) electrons. The topological polar surface area (TPSA) is 43.8 Å². The zero-order valence-corrected chi connectivity index (χ0v) is 12.5. The molecule has 0 aliphatic heterocycles. The van der Waals surface area contributed by atoms with Crippen molar-refractivity contribution in [2.45, 2.75) is 45.6 Å². The Balaban J connectivity index is 2.12. The summed E-state index contributed by atoms with van der Waals surface area (Å²) in [5, 5.41) is 0. The molecular weight excluding hydrogens is 246 g/mol. The van der Waals surface area contributed by atoms with Crippen LogP contribution < -0.4 is 5.73 Å². The fraction of sp³-hybridized carbons (Fsp3) is 0.471. The Hall–Kier alpha value is -1.61. The monoisotopic (exact) mass is 271 g/mol. The first kappa shape index (κ1) is 14.8. The van der Waals surface area contributed by atoms with Gasteiger partial charge in [0.15, 0.2) is 0 Å². The van der Waals surface area contributed by atoms with Gasteiger partial charge < -0.3 is 10.3 Å². The van der Waals surface area contributed by atoms with E-state index in [4.69, 9.17) is 5.73 Å². The van der Waals surface area contributed by atoms with E-state index in [0.717, 1.165) is 25.8 Å². The zero-order chi connectivity index (χ0) is 14.4. The van der Waals surface area contributed by atoms with Crippen LogP contribution >= 0.6 is 0 Å². The summed E-state index contributed by atoms with van der Waals surface area (Å²) in [5.41, 5.74) is 9.55. The Labute approximate surface area is 121 Å². The van der Waals surface area contributed by atoms with Gasteiger partial charge in [0.1, 0.15) is 0 Å². The number of nitrogens with zero attached hydrogens (tertiary/aromatic N) is 2. The van der Waals surface area contributed by atoms with E-state index in [1.807, 2.05) is 12.5 Å². The molecule has 1 aromatic heterocycles. The van der Waals surface area contributed by atoms with Crippen molar-refractivity contribution in [3.05, 3.63) is 53.6 Å². The van der Waals surface area contributed by atoms with Gasteiger partial charge in [0.2, 0.25) is 0 Å².